The van der Waals surface area contributed by atoms with Gasteiger partial charge in [0.15, 0.2) is 0 Å². The van der Waals surface area contributed by atoms with Crippen molar-refractivity contribution in [3.63, 3.8) is 0 Å². The minimum Gasteiger partial charge on any atom is -0.455 e. The average Bonchev–Trinajstić information content (AvgIpc) is 1.59. The molecular weight excluding hydrogens is 1430 g/mol. The Morgan fingerprint density at radius 3 is 1.09 bits per heavy atom. The van der Waals surface area contributed by atoms with E-state index in [4.69, 9.17) is 4.42 Å². The van der Waals surface area contributed by atoms with E-state index >= 15 is 0 Å². The van der Waals surface area contributed by atoms with E-state index in [2.05, 4.69) is 425 Å². The number of fused-ring (bicyclic) bond motifs is 20. The zero-order valence-corrected chi connectivity index (χ0v) is 63.7. The van der Waals surface area contributed by atoms with Gasteiger partial charge in [-0.05, 0) is 199 Å². The van der Waals surface area contributed by atoms with Gasteiger partial charge >= 0.3 is 0 Å². The molecule has 0 fully saturated rings. The predicted octanol–water partition coefficient (Wildman–Crippen LogP) is 30.7. The van der Waals surface area contributed by atoms with Gasteiger partial charge in [0.2, 0.25) is 0 Å². The lowest BCUT2D eigenvalue weighted by Crippen LogP contribution is -1.94. The number of furan rings is 1. The molecule has 6 aromatic heterocycles. The van der Waals surface area contributed by atoms with Gasteiger partial charge in [-0.25, -0.2) is 0 Å². The third-order valence-electron chi connectivity index (χ3n) is 24.2. The van der Waals surface area contributed by atoms with Crippen LogP contribution in [0.15, 0.2) is 417 Å². The summed E-state index contributed by atoms with van der Waals surface area (Å²) in [5.74, 6) is 0. The average molecular weight is 1490 g/mol. The Hall–Kier alpha value is -15.1. The van der Waals surface area contributed by atoms with Gasteiger partial charge < -0.3 is 22.7 Å². The summed E-state index contributed by atoms with van der Waals surface area (Å²) in [7, 11) is 0. The van der Waals surface area contributed by atoms with Crippen molar-refractivity contribution >= 4 is 162 Å². The Labute approximate surface area is 671 Å². The number of nitrogens with zero attached hydrogens (tertiary/aromatic N) is 4. The van der Waals surface area contributed by atoms with Gasteiger partial charge in [-0.2, -0.15) is 0 Å². The highest BCUT2D eigenvalue weighted by Gasteiger charge is 2.22. The summed E-state index contributed by atoms with van der Waals surface area (Å²) in [6, 6.07) is 151. The largest absolute Gasteiger partial charge is 0.455 e. The fourth-order valence-corrected chi connectivity index (χ4v) is 20.0. The van der Waals surface area contributed by atoms with E-state index in [-0.39, 0.29) is 0 Å². The number of aromatic nitrogens is 4. The van der Waals surface area contributed by atoms with Gasteiger partial charge in [-0.15, -0.1) is 11.3 Å². The molecule has 25 aromatic rings. The van der Waals surface area contributed by atoms with Gasteiger partial charge in [0.1, 0.15) is 11.2 Å². The number of hydrogen-bond donors (Lipinski definition) is 0. The number of para-hydroxylation sites is 6. The second-order valence-corrected chi connectivity index (χ2v) is 31.7. The molecule has 0 spiro atoms. The van der Waals surface area contributed by atoms with Gasteiger partial charge in [0, 0.05) is 102 Å². The van der Waals surface area contributed by atoms with Crippen molar-refractivity contribution in [2.75, 3.05) is 0 Å². The topological polar surface area (TPSA) is 32.9 Å². The van der Waals surface area contributed by atoms with Crippen LogP contribution in [0.4, 0.5) is 0 Å². The summed E-state index contributed by atoms with van der Waals surface area (Å²) in [5, 5.41) is 19.9. The van der Waals surface area contributed by atoms with Crippen LogP contribution in [0.5, 0.6) is 0 Å². The Balaban J connectivity index is 0.000000134. The molecule has 0 saturated heterocycles. The van der Waals surface area contributed by atoms with E-state index in [1.807, 2.05) is 17.4 Å². The van der Waals surface area contributed by atoms with E-state index in [0.29, 0.717) is 0 Å². The molecule has 0 N–H and O–H groups in total. The minimum atomic E-state index is 0.905. The van der Waals surface area contributed by atoms with Crippen molar-refractivity contribution in [1.82, 2.24) is 18.3 Å². The molecule has 0 aliphatic carbocycles. The molecule has 0 bridgehead atoms. The monoisotopic (exact) mass is 1490 g/mol. The number of benzene rings is 19. The molecule has 19 aromatic carbocycles. The second-order valence-electron chi connectivity index (χ2n) is 30.6. The lowest BCUT2D eigenvalue weighted by Gasteiger charge is -2.11. The quantitative estimate of drug-likeness (QED) is 0.142. The van der Waals surface area contributed by atoms with E-state index in [1.54, 1.807) is 0 Å². The number of hydrogen-bond acceptors (Lipinski definition) is 2. The lowest BCUT2D eigenvalue weighted by molar-refractivity contribution is 0.670. The zero-order valence-electron chi connectivity index (χ0n) is 62.9. The molecule has 540 valence electrons. The van der Waals surface area contributed by atoms with Gasteiger partial charge in [-0.1, -0.05) is 285 Å². The van der Waals surface area contributed by atoms with Gasteiger partial charge in [-0.3, -0.25) is 0 Å². The van der Waals surface area contributed by atoms with Crippen molar-refractivity contribution < 1.29 is 4.42 Å². The van der Waals surface area contributed by atoms with Crippen LogP contribution in [0.1, 0.15) is 0 Å². The maximum atomic E-state index is 6.54. The second kappa shape index (κ2) is 26.3. The van der Waals surface area contributed by atoms with Crippen LogP contribution in [-0.4, -0.2) is 18.3 Å². The maximum Gasteiger partial charge on any atom is 0.143 e. The molecule has 0 unspecified atom stereocenters. The van der Waals surface area contributed by atoms with Crippen molar-refractivity contribution in [1.29, 1.82) is 0 Å². The molecule has 0 atom stereocenters. The third kappa shape index (κ3) is 10.5. The summed E-state index contributed by atoms with van der Waals surface area (Å²) in [5.41, 5.74) is 27.9. The van der Waals surface area contributed by atoms with Crippen LogP contribution in [0.3, 0.4) is 0 Å². The summed E-state index contributed by atoms with van der Waals surface area (Å²) in [6.07, 6.45) is 0. The van der Waals surface area contributed by atoms with Crippen molar-refractivity contribution in [2.24, 2.45) is 0 Å². The van der Waals surface area contributed by atoms with E-state index in [1.165, 1.54) is 174 Å². The Kier molecular flexibility index (Phi) is 14.9. The first-order valence-electron chi connectivity index (χ1n) is 39.7. The Bertz CT molecular complexity index is 8270. The van der Waals surface area contributed by atoms with Gasteiger partial charge in [0.05, 0.1) is 44.1 Å². The smallest absolute Gasteiger partial charge is 0.143 e. The molecular formula is C110H68N4OS. The van der Waals surface area contributed by atoms with Crippen LogP contribution < -0.4 is 0 Å². The van der Waals surface area contributed by atoms with Crippen LogP contribution >= 0.6 is 11.3 Å². The highest BCUT2D eigenvalue weighted by atomic mass is 32.1. The molecule has 25 rings (SSSR count). The van der Waals surface area contributed by atoms with E-state index in [0.717, 1.165) is 55.6 Å². The first-order chi connectivity index (χ1) is 57.5. The highest BCUT2D eigenvalue weighted by molar-refractivity contribution is 7.26. The SMILES string of the molecule is c1ccc2cc(-c3ccc(-n4c5ccc(-c6ccc(-n7c8ccccc8c8ccccc87)cc6)cc5c5ccc(-c6cccc7c6oc6ccccc67)cc54)cc3)ccc2c1.c1ccc2cc(-n3c4ccccc4c4cc(-c5ccc(-n6c7ccccc7c7ccc(-c8cccc9c8sc8ccccc89)cc76)cc5)ccc43)ccc2c1. The standard InChI is InChI=1S/C58H36N2O.C52H32N2S/c1-2-11-40-34-41(21-20-37(40)10-1)38-22-30-45(31-23-38)60-55-33-27-42(39-24-28-44(29-25-39)59-53-17-6-3-12-47(53)48-13-4-7-18-54(48)59)35-52(55)49-32-26-43(36-56(49)60)46-15-9-16-51-50-14-5-8-19-57(50)61-58(46)51;1-2-11-35-30-39(27-22-33(35)10-1)54-48-18-7-4-13-42(48)46-31-36(24-29-49(46)54)34-20-25-38(26-21-34)53-47-17-6-3-12-41(47)43-28-23-37(32-50(43)53)40-15-9-16-45-44-14-5-8-19-51(44)55-52(40)45/h1-36H;1-32H. The number of thiophene rings is 1. The van der Waals surface area contributed by atoms with Crippen LogP contribution in [0.25, 0.3) is 229 Å². The molecule has 116 heavy (non-hydrogen) atoms. The highest BCUT2D eigenvalue weighted by Crippen LogP contribution is 2.46. The minimum absolute atomic E-state index is 0.905. The molecule has 6 heterocycles. The zero-order chi connectivity index (χ0) is 76.1. The first-order valence-corrected chi connectivity index (χ1v) is 40.6. The van der Waals surface area contributed by atoms with Crippen LogP contribution in [0, 0.1) is 0 Å². The molecule has 0 aliphatic rings. The molecule has 6 heteroatoms. The Morgan fingerprint density at radius 1 is 0.181 bits per heavy atom. The van der Waals surface area contributed by atoms with Crippen LogP contribution in [0.2, 0.25) is 0 Å². The summed E-state index contributed by atoms with van der Waals surface area (Å²) < 4.78 is 18.8. The maximum absolute atomic E-state index is 6.54. The molecule has 0 radical (unpaired) electrons. The first kappa shape index (κ1) is 65.6. The fourth-order valence-electron chi connectivity index (χ4n) is 18.7. The molecule has 0 aliphatic heterocycles. The van der Waals surface area contributed by atoms with Gasteiger partial charge in [0.25, 0.3) is 0 Å². The lowest BCUT2D eigenvalue weighted by atomic mass is 9.99. The fraction of sp³-hybridized carbons (Fsp3) is 0. The van der Waals surface area contributed by atoms with Crippen molar-refractivity contribution in [2.45, 2.75) is 0 Å². The summed E-state index contributed by atoms with van der Waals surface area (Å²) in [4.78, 5) is 0. The third-order valence-corrected chi connectivity index (χ3v) is 25.5. The Morgan fingerprint density at radius 2 is 0.534 bits per heavy atom. The normalized spacial score (nSPS) is 12.0. The van der Waals surface area contributed by atoms with Crippen LogP contribution in [-0.2, 0) is 0 Å². The summed E-state index contributed by atoms with van der Waals surface area (Å²) in [6.45, 7) is 0. The molecule has 0 amide bonds. The molecule has 5 nitrogen and oxygen atoms in total. The summed E-state index contributed by atoms with van der Waals surface area (Å²) >= 11 is 1.89. The predicted molar refractivity (Wildman–Crippen MR) is 493 cm³/mol. The van der Waals surface area contributed by atoms with E-state index < -0.39 is 0 Å². The van der Waals surface area contributed by atoms with Crippen molar-refractivity contribution in [3.05, 3.63) is 413 Å². The number of rotatable bonds is 9. The van der Waals surface area contributed by atoms with Crippen molar-refractivity contribution in [3.8, 4) is 78.4 Å². The molecule has 0 saturated carbocycles. The van der Waals surface area contributed by atoms with E-state index in [9.17, 15) is 0 Å².